The minimum absolute atomic E-state index is 0.0440. The molecule has 1 heterocycles. The van der Waals surface area contributed by atoms with E-state index in [4.69, 9.17) is 16.3 Å². The molecule has 1 unspecified atom stereocenters. The molecule has 0 saturated heterocycles. The SMILES string of the molecule is CCC1Oc2cc(F)c(Cl)cc2C1=O. The van der Waals surface area contributed by atoms with Crippen molar-refractivity contribution in [2.45, 2.75) is 19.4 Å². The van der Waals surface area contributed by atoms with E-state index in [0.717, 1.165) is 6.07 Å². The van der Waals surface area contributed by atoms with Gasteiger partial charge in [0.05, 0.1) is 10.6 Å². The second-order valence-corrected chi connectivity index (χ2v) is 3.55. The maximum Gasteiger partial charge on any atom is 0.207 e. The second-order valence-electron chi connectivity index (χ2n) is 3.14. The number of ketones is 1. The Morgan fingerprint density at radius 2 is 2.29 bits per heavy atom. The quantitative estimate of drug-likeness (QED) is 0.719. The Morgan fingerprint density at radius 3 is 2.93 bits per heavy atom. The molecule has 74 valence electrons. The van der Waals surface area contributed by atoms with Crippen molar-refractivity contribution in [1.29, 1.82) is 0 Å². The molecule has 1 atom stereocenters. The fraction of sp³-hybridized carbons (Fsp3) is 0.300. The fourth-order valence-corrected chi connectivity index (χ4v) is 1.63. The summed E-state index contributed by atoms with van der Waals surface area (Å²) < 4.78 is 18.3. The Labute approximate surface area is 85.6 Å². The standard InChI is InChI=1S/C10H8ClFO2/c1-2-8-10(13)5-3-6(11)7(12)4-9(5)14-8/h3-4,8H,2H2,1H3. The van der Waals surface area contributed by atoms with Crippen LogP contribution in [0.15, 0.2) is 12.1 Å². The van der Waals surface area contributed by atoms with E-state index in [-0.39, 0.29) is 10.8 Å². The Hall–Kier alpha value is -1.09. The van der Waals surface area contributed by atoms with Crippen LogP contribution in [0.3, 0.4) is 0 Å². The van der Waals surface area contributed by atoms with Crippen LogP contribution in [0.2, 0.25) is 5.02 Å². The molecule has 4 heteroatoms. The van der Waals surface area contributed by atoms with Crippen molar-refractivity contribution in [3.8, 4) is 5.75 Å². The van der Waals surface area contributed by atoms with Crippen LogP contribution < -0.4 is 4.74 Å². The molecule has 0 saturated carbocycles. The van der Waals surface area contributed by atoms with Crippen molar-refractivity contribution >= 4 is 17.4 Å². The van der Waals surface area contributed by atoms with E-state index in [2.05, 4.69) is 0 Å². The first-order valence-corrected chi connectivity index (χ1v) is 4.71. The number of benzene rings is 1. The molecular weight excluding hydrogens is 207 g/mol. The third-order valence-electron chi connectivity index (χ3n) is 2.22. The number of ether oxygens (including phenoxy) is 1. The third kappa shape index (κ3) is 1.28. The largest absolute Gasteiger partial charge is 0.481 e. The Morgan fingerprint density at radius 1 is 1.57 bits per heavy atom. The second kappa shape index (κ2) is 3.24. The summed E-state index contributed by atoms with van der Waals surface area (Å²) in [5.74, 6) is -0.386. The number of halogens is 2. The Kier molecular flexibility index (Phi) is 2.19. The molecule has 0 radical (unpaired) electrons. The van der Waals surface area contributed by atoms with Gasteiger partial charge >= 0.3 is 0 Å². The van der Waals surface area contributed by atoms with Gasteiger partial charge in [-0.2, -0.15) is 0 Å². The summed E-state index contributed by atoms with van der Waals surface area (Å²) in [6.07, 6.45) is 0.0927. The summed E-state index contributed by atoms with van der Waals surface area (Å²) in [6, 6.07) is 2.48. The van der Waals surface area contributed by atoms with Crippen molar-refractivity contribution < 1.29 is 13.9 Å². The molecule has 0 fully saturated rings. The number of carbonyl (C=O) groups is 1. The zero-order chi connectivity index (χ0) is 10.3. The first-order chi connectivity index (χ1) is 6.63. The van der Waals surface area contributed by atoms with E-state index >= 15 is 0 Å². The van der Waals surface area contributed by atoms with Gasteiger partial charge in [-0.1, -0.05) is 18.5 Å². The molecule has 14 heavy (non-hydrogen) atoms. The maximum absolute atomic E-state index is 13.0. The summed E-state index contributed by atoms with van der Waals surface area (Å²) in [5.41, 5.74) is 0.378. The van der Waals surface area contributed by atoms with E-state index in [0.29, 0.717) is 17.7 Å². The van der Waals surface area contributed by atoms with Crippen LogP contribution in [-0.2, 0) is 0 Å². The first-order valence-electron chi connectivity index (χ1n) is 4.33. The molecule has 1 aliphatic rings. The molecule has 0 amide bonds. The molecule has 1 aromatic rings. The summed E-state index contributed by atoms with van der Waals surface area (Å²) in [7, 11) is 0. The fourth-order valence-electron chi connectivity index (χ4n) is 1.47. The average Bonchev–Trinajstić information content (AvgIpc) is 2.45. The highest BCUT2D eigenvalue weighted by atomic mass is 35.5. The lowest BCUT2D eigenvalue weighted by Gasteiger charge is -2.04. The average molecular weight is 215 g/mol. The van der Waals surface area contributed by atoms with Gasteiger partial charge in [-0.25, -0.2) is 4.39 Å². The van der Waals surface area contributed by atoms with Gasteiger partial charge in [0.2, 0.25) is 5.78 Å². The van der Waals surface area contributed by atoms with E-state index < -0.39 is 11.9 Å². The van der Waals surface area contributed by atoms with Gasteiger partial charge in [0.15, 0.2) is 6.10 Å². The van der Waals surface area contributed by atoms with Crippen LogP contribution in [0, 0.1) is 5.82 Å². The molecule has 0 N–H and O–H groups in total. The number of fused-ring (bicyclic) bond motifs is 1. The van der Waals surface area contributed by atoms with Crippen LogP contribution in [0.5, 0.6) is 5.75 Å². The van der Waals surface area contributed by atoms with Crippen LogP contribution in [-0.4, -0.2) is 11.9 Å². The van der Waals surface area contributed by atoms with Crippen molar-refractivity contribution in [2.75, 3.05) is 0 Å². The minimum Gasteiger partial charge on any atom is -0.481 e. The van der Waals surface area contributed by atoms with E-state index in [1.807, 2.05) is 6.92 Å². The molecule has 1 aliphatic heterocycles. The van der Waals surface area contributed by atoms with E-state index in [1.54, 1.807) is 0 Å². The van der Waals surface area contributed by atoms with Gasteiger partial charge in [-0.3, -0.25) is 4.79 Å². The van der Waals surface area contributed by atoms with Gasteiger partial charge in [-0.15, -0.1) is 0 Å². The molecule has 1 aromatic carbocycles. The number of rotatable bonds is 1. The summed E-state index contributed by atoms with van der Waals surface area (Å²) in [5, 5.41) is -0.0440. The number of hydrogen-bond acceptors (Lipinski definition) is 2. The molecule has 2 rings (SSSR count). The Bertz CT molecular complexity index is 403. The lowest BCUT2D eigenvalue weighted by molar-refractivity contribution is 0.0853. The Balaban J connectivity index is 2.49. The monoisotopic (exact) mass is 214 g/mol. The molecule has 0 aromatic heterocycles. The highest BCUT2D eigenvalue weighted by Gasteiger charge is 2.31. The predicted octanol–water partition coefficient (Wildman–Crippen LogP) is 2.83. The molecule has 0 bridgehead atoms. The molecule has 2 nitrogen and oxygen atoms in total. The minimum atomic E-state index is -0.560. The summed E-state index contributed by atoms with van der Waals surface area (Å²) in [6.45, 7) is 1.84. The number of carbonyl (C=O) groups excluding carboxylic acids is 1. The predicted molar refractivity (Wildman–Crippen MR) is 50.4 cm³/mol. The highest BCUT2D eigenvalue weighted by Crippen LogP contribution is 2.33. The van der Waals surface area contributed by atoms with Crippen LogP contribution >= 0.6 is 11.6 Å². The van der Waals surface area contributed by atoms with Gasteiger partial charge < -0.3 is 4.74 Å². The van der Waals surface area contributed by atoms with E-state index in [1.165, 1.54) is 6.07 Å². The lowest BCUT2D eigenvalue weighted by Crippen LogP contribution is -2.18. The maximum atomic E-state index is 13.0. The van der Waals surface area contributed by atoms with Gasteiger partial charge in [-0.05, 0) is 12.5 Å². The van der Waals surface area contributed by atoms with Crippen LogP contribution in [0.4, 0.5) is 4.39 Å². The normalized spacial score (nSPS) is 19.4. The van der Waals surface area contributed by atoms with Gasteiger partial charge in [0.1, 0.15) is 11.6 Å². The molecule has 0 aliphatic carbocycles. The van der Waals surface area contributed by atoms with E-state index in [9.17, 15) is 9.18 Å². The van der Waals surface area contributed by atoms with Crippen molar-refractivity contribution in [3.63, 3.8) is 0 Å². The highest BCUT2D eigenvalue weighted by molar-refractivity contribution is 6.31. The molecule has 0 spiro atoms. The van der Waals surface area contributed by atoms with Crippen molar-refractivity contribution in [2.24, 2.45) is 0 Å². The van der Waals surface area contributed by atoms with Crippen LogP contribution in [0.1, 0.15) is 23.7 Å². The topological polar surface area (TPSA) is 26.3 Å². The van der Waals surface area contributed by atoms with Crippen LogP contribution in [0.25, 0.3) is 0 Å². The number of hydrogen-bond donors (Lipinski definition) is 0. The summed E-state index contributed by atoms with van der Waals surface area (Å²) in [4.78, 5) is 11.6. The lowest BCUT2D eigenvalue weighted by atomic mass is 10.1. The third-order valence-corrected chi connectivity index (χ3v) is 2.51. The first kappa shape index (κ1) is 9.46. The zero-order valence-electron chi connectivity index (χ0n) is 7.51. The van der Waals surface area contributed by atoms with Gasteiger partial charge in [0.25, 0.3) is 0 Å². The smallest absolute Gasteiger partial charge is 0.207 e. The molecular formula is C10H8ClFO2. The van der Waals surface area contributed by atoms with Crippen molar-refractivity contribution in [1.82, 2.24) is 0 Å². The number of Topliss-reactive ketones (excluding diaryl/α,β-unsaturated/α-hetero) is 1. The van der Waals surface area contributed by atoms with Gasteiger partial charge in [0, 0.05) is 6.07 Å². The van der Waals surface area contributed by atoms with Crippen molar-refractivity contribution in [3.05, 3.63) is 28.5 Å². The zero-order valence-corrected chi connectivity index (χ0v) is 8.27. The summed E-state index contributed by atoms with van der Waals surface area (Å²) >= 11 is 5.57.